The van der Waals surface area contributed by atoms with Crippen molar-refractivity contribution < 1.29 is 4.79 Å². The third-order valence-electron chi connectivity index (χ3n) is 2.42. The van der Waals surface area contributed by atoms with Crippen LogP contribution in [0.4, 0.5) is 5.69 Å². The molecule has 0 unspecified atom stereocenters. The molecule has 1 aromatic rings. The van der Waals surface area contributed by atoms with Gasteiger partial charge in [0.2, 0.25) is 5.91 Å². The van der Waals surface area contributed by atoms with Crippen LogP contribution in [-0.2, 0) is 4.79 Å². The van der Waals surface area contributed by atoms with Gasteiger partial charge >= 0.3 is 0 Å². The van der Waals surface area contributed by atoms with E-state index < -0.39 is 5.41 Å². The summed E-state index contributed by atoms with van der Waals surface area (Å²) in [4.78, 5) is 15.5. The average Bonchev–Trinajstić information content (AvgIpc) is 2.27. The molecule has 92 valence electrons. The van der Waals surface area contributed by atoms with E-state index in [1.54, 1.807) is 32.2 Å². The number of rotatable bonds is 5. The first kappa shape index (κ1) is 13.4. The number of hydrogen-bond acceptors (Lipinski definition) is 4. The molecule has 1 heterocycles. The molecule has 1 rings (SSSR count). The first-order valence-corrected chi connectivity index (χ1v) is 5.53. The van der Waals surface area contributed by atoms with Crippen molar-refractivity contribution in [3.8, 4) is 0 Å². The molecule has 5 N–H and O–H groups in total. The lowest BCUT2D eigenvalue weighted by molar-refractivity contribution is -0.125. The zero-order valence-electron chi connectivity index (χ0n) is 9.86. The number of aromatic nitrogens is 1. The lowest BCUT2D eigenvalue weighted by Crippen LogP contribution is -2.37. The molecular formula is C11H16N4OS. The van der Waals surface area contributed by atoms with Crippen molar-refractivity contribution in [2.75, 3.05) is 11.9 Å². The van der Waals surface area contributed by atoms with Gasteiger partial charge in [-0.3, -0.25) is 9.78 Å². The normalized spacial score (nSPS) is 10.9. The maximum atomic E-state index is 11.1. The van der Waals surface area contributed by atoms with E-state index in [1.165, 1.54) is 0 Å². The molecular weight excluding hydrogens is 236 g/mol. The second kappa shape index (κ2) is 5.09. The van der Waals surface area contributed by atoms with Gasteiger partial charge in [0.15, 0.2) is 0 Å². The SMILES string of the molecule is CC(C)(CNc1ccc(C(N)=S)nc1)C(N)=O. The van der Waals surface area contributed by atoms with Gasteiger partial charge < -0.3 is 16.8 Å². The van der Waals surface area contributed by atoms with E-state index in [4.69, 9.17) is 23.7 Å². The Labute approximate surface area is 106 Å². The monoisotopic (exact) mass is 252 g/mol. The fourth-order valence-electron chi connectivity index (χ4n) is 1.05. The summed E-state index contributed by atoms with van der Waals surface area (Å²) in [7, 11) is 0. The highest BCUT2D eigenvalue weighted by Gasteiger charge is 2.24. The third kappa shape index (κ3) is 3.67. The van der Waals surface area contributed by atoms with E-state index in [9.17, 15) is 4.79 Å². The van der Waals surface area contributed by atoms with Crippen LogP contribution in [0.15, 0.2) is 18.3 Å². The minimum Gasteiger partial charge on any atom is -0.388 e. The van der Waals surface area contributed by atoms with E-state index in [2.05, 4.69) is 10.3 Å². The molecule has 5 nitrogen and oxygen atoms in total. The fourth-order valence-corrected chi connectivity index (χ4v) is 1.18. The Morgan fingerprint density at radius 1 is 1.47 bits per heavy atom. The summed E-state index contributed by atoms with van der Waals surface area (Å²) in [6, 6.07) is 3.53. The van der Waals surface area contributed by atoms with Crippen LogP contribution in [0, 0.1) is 5.41 Å². The second-order valence-electron chi connectivity index (χ2n) is 4.40. The molecule has 0 aromatic carbocycles. The van der Waals surface area contributed by atoms with Gasteiger partial charge in [0.1, 0.15) is 4.99 Å². The number of anilines is 1. The molecule has 0 fully saturated rings. The van der Waals surface area contributed by atoms with Gasteiger partial charge in [-0.1, -0.05) is 12.2 Å². The lowest BCUT2D eigenvalue weighted by atomic mass is 9.93. The quantitative estimate of drug-likeness (QED) is 0.669. The van der Waals surface area contributed by atoms with Crippen molar-refractivity contribution in [3.63, 3.8) is 0 Å². The molecule has 0 bridgehead atoms. The molecule has 1 amide bonds. The number of nitrogens with zero attached hydrogens (tertiary/aromatic N) is 1. The number of primary amides is 1. The Balaban J connectivity index is 2.65. The summed E-state index contributed by atoms with van der Waals surface area (Å²) in [5.74, 6) is -0.349. The van der Waals surface area contributed by atoms with Crippen LogP contribution >= 0.6 is 12.2 Å². The molecule has 6 heteroatoms. The Morgan fingerprint density at radius 3 is 2.53 bits per heavy atom. The van der Waals surface area contributed by atoms with Gasteiger partial charge in [0, 0.05) is 6.54 Å². The Kier molecular flexibility index (Phi) is 4.01. The highest BCUT2D eigenvalue weighted by molar-refractivity contribution is 7.80. The van der Waals surface area contributed by atoms with Gasteiger partial charge in [0.05, 0.1) is 23.0 Å². The molecule has 17 heavy (non-hydrogen) atoms. The molecule has 0 aliphatic rings. The number of pyridine rings is 1. The van der Waals surface area contributed by atoms with Crippen molar-refractivity contribution >= 4 is 28.8 Å². The van der Waals surface area contributed by atoms with Gasteiger partial charge in [-0.05, 0) is 26.0 Å². The summed E-state index contributed by atoms with van der Waals surface area (Å²) in [6.07, 6.45) is 1.62. The van der Waals surface area contributed by atoms with Crippen molar-refractivity contribution in [1.29, 1.82) is 0 Å². The molecule has 0 aliphatic heterocycles. The molecule has 0 radical (unpaired) electrons. The minimum absolute atomic E-state index is 0.258. The summed E-state index contributed by atoms with van der Waals surface area (Å²) < 4.78 is 0. The van der Waals surface area contributed by atoms with Crippen LogP contribution in [0.2, 0.25) is 0 Å². The van der Waals surface area contributed by atoms with Crippen molar-refractivity contribution in [1.82, 2.24) is 4.98 Å². The Hall–Kier alpha value is -1.69. The van der Waals surface area contributed by atoms with Crippen molar-refractivity contribution in [2.24, 2.45) is 16.9 Å². The lowest BCUT2D eigenvalue weighted by Gasteiger charge is -2.21. The molecule has 0 aliphatic carbocycles. The van der Waals surface area contributed by atoms with Crippen LogP contribution in [0.3, 0.4) is 0 Å². The van der Waals surface area contributed by atoms with Crippen LogP contribution in [-0.4, -0.2) is 22.4 Å². The molecule has 0 saturated heterocycles. The predicted molar refractivity (Wildman–Crippen MR) is 71.6 cm³/mol. The number of carbonyl (C=O) groups is 1. The minimum atomic E-state index is -0.609. The maximum absolute atomic E-state index is 11.1. The first-order valence-electron chi connectivity index (χ1n) is 5.12. The van der Waals surface area contributed by atoms with Gasteiger partial charge in [0.25, 0.3) is 0 Å². The van der Waals surface area contributed by atoms with E-state index in [-0.39, 0.29) is 10.9 Å². The zero-order valence-corrected chi connectivity index (χ0v) is 10.7. The highest BCUT2D eigenvalue weighted by Crippen LogP contribution is 2.15. The summed E-state index contributed by atoms with van der Waals surface area (Å²) in [5.41, 5.74) is 11.5. The van der Waals surface area contributed by atoms with E-state index in [1.807, 2.05) is 0 Å². The first-order chi connectivity index (χ1) is 7.83. The summed E-state index contributed by atoms with van der Waals surface area (Å²) in [6.45, 7) is 3.99. The van der Waals surface area contributed by atoms with Gasteiger partial charge in [-0.15, -0.1) is 0 Å². The Bertz CT molecular complexity index is 428. The standard InChI is InChI=1S/C11H16N4OS/c1-11(2,10(13)16)6-15-7-3-4-8(9(12)17)14-5-7/h3-5,15H,6H2,1-2H3,(H2,12,17)(H2,13,16). The Morgan fingerprint density at radius 2 is 2.12 bits per heavy atom. The van der Waals surface area contributed by atoms with Crippen molar-refractivity contribution in [3.05, 3.63) is 24.0 Å². The second-order valence-corrected chi connectivity index (χ2v) is 4.84. The fraction of sp³-hybridized carbons (Fsp3) is 0.364. The number of thiocarbonyl (C=S) groups is 1. The van der Waals surface area contributed by atoms with Gasteiger partial charge in [-0.25, -0.2) is 0 Å². The number of amides is 1. The maximum Gasteiger partial charge on any atom is 0.224 e. The van der Waals surface area contributed by atoms with Gasteiger partial charge in [-0.2, -0.15) is 0 Å². The third-order valence-corrected chi connectivity index (χ3v) is 2.63. The van der Waals surface area contributed by atoms with Crippen LogP contribution in [0.5, 0.6) is 0 Å². The molecule has 0 saturated carbocycles. The smallest absolute Gasteiger partial charge is 0.224 e. The topological polar surface area (TPSA) is 94.0 Å². The van der Waals surface area contributed by atoms with Crippen molar-refractivity contribution in [2.45, 2.75) is 13.8 Å². The number of nitrogens with two attached hydrogens (primary N) is 2. The predicted octanol–water partition coefficient (Wildman–Crippen LogP) is 0.639. The number of hydrogen-bond donors (Lipinski definition) is 3. The molecule has 0 atom stereocenters. The van der Waals surface area contributed by atoms with Crippen LogP contribution in [0.25, 0.3) is 0 Å². The summed E-state index contributed by atoms with van der Waals surface area (Å²) >= 11 is 4.80. The molecule has 0 spiro atoms. The van der Waals surface area contributed by atoms with Crippen LogP contribution < -0.4 is 16.8 Å². The van der Waals surface area contributed by atoms with E-state index >= 15 is 0 Å². The molecule has 1 aromatic heterocycles. The van der Waals surface area contributed by atoms with Crippen LogP contribution in [0.1, 0.15) is 19.5 Å². The zero-order chi connectivity index (χ0) is 13.1. The highest BCUT2D eigenvalue weighted by atomic mass is 32.1. The largest absolute Gasteiger partial charge is 0.388 e. The van der Waals surface area contributed by atoms with E-state index in [0.717, 1.165) is 5.69 Å². The number of carbonyl (C=O) groups excluding carboxylic acids is 1. The number of nitrogens with one attached hydrogen (secondary N) is 1. The average molecular weight is 252 g/mol. The summed E-state index contributed by atoms with van der Waals surface area (Å²) in [5, 5.41) is 3.08. The van der Waals surface area contributed by atoms with E-state index in [0.29, 0.717) is 12.2 Å².